The lowest BCUT2D eigenvalue weighted by molar-refractivity contribution is -0.131. The minimum Gasteiger partial charge on any atom is -0.427 e. The van der Waals surface area contributed by atoms with Gasteiger partial charge in [-0.05, 0) is 24.3 Å². The third-order valence-electron chi connectivity index (χ3n) is 1.43. The highest BCUT2D eigenvalue weighted by atomic mass is 31.2. The second-order valence-electron chi connectivity index (χ2n) is 2.63. The number of carbonyl (C=O) groups is 1. The summed E-state index contributed by atoms with van der Waals surface area (Å²) in [6, 6.07) is 5.10. The molecule has 0 radical (unpaired) electrons. The number of carbonyl (C=O) groups excluding carboxylic acids is 1. The maximum absolute atomic E-state index is 10.8. The Balaban J connectivity index is 2.89. The highest BCUT2D eigenvalue weighted by Gasteiger charge is 2.16. The lowest BCUT2D eigenvalue weighted by Crippen LogP contribution is -2.05. The molecule has 0 unspecified atom stereocenters. The van der Waals surface area contributed by atoms with Crippen LogP contribution in [0.5, 0.6) is 5.75 Å². The van der Waals surface area contributed by atoms with Gasteiger partial charge in [0.05, 0.1) is 5.30 Å². The SMILES string of the molecule is CC(=O)Oc1ccc(P(=O)(O)O)cc1. The molecule has 0 saturated carbocycles. The molecule has 0 amide bonds. The zero-order chi connectivity index (χ0) is 10.8. The molecule has 0 spiro atoms. The summed E-state index contributed by atoms with van der Waals surface area (Å²) < 4.78 is 15.4. The smallest absolute Gasteiger partial charge is 0.356 e. The summed E-state index contributed by atoms with van der Waals surface area (Å²) in [5.74, 6) is -0.219. The molecule has 0 heterocycles. The standard InChI is InChI=1S/C8H9O5P/c1-6(9)13-7-2-4-8(5-3-7)14(10,11)12/h2-5H,1H3,(H2,10,11,12). The Labute approximate surface area is 80.5 Å². The summed E-state index contributed by atoms with van der Waals surface area (Å²) in [5.41, 5.74) is 0. The maximum Gasteiger partial charge on any atom is 0.356 e. The molecular weight excluding hydrogens is 207 g/mol. The first-order valence-electron chi connectivity index (χ1n) is 3.74. The number of hydrogen-bond donors (Lipinski definition) is 2. The van der Waals surface area contributed by atoms with Crippen LogP contribution in [0.15, 0.2) is 24.3 Å². The summed E-state index contributed by atoms with van der Waals surface area (Å²) in [4.78, 5) is 28.0. The number of esters is 1. The molecular formula is C8H9O5P. The molecule has 0 saturated heterocycles. The van der Waals surface area contributed by atoms with Gasteiger partial charge in [-0.3, -0.25) is 9.36 Å². The highest BCUT2D eigenvalue weighted by Crippen LogP contribution is 2.33. The molecule has 2 N–H and O–H groups in total. The van der Waals surface area contributed by atoms with Crippen LogP contribution in [-0.2, 0) is 9.36 Å². The molecule has 1 aromatic rings. The zero-order valence-corrected chi connectivity index (χ0v) is 8.27. The van der Waals surface area contributed by atoms with Gasteiger partial charge in [-0.15, -0.1) is 0 Å². The van der Waals surface area contributed by atoms with E-state index in [1.54, 1.807) is 0 Å². The Hall–Kier alpha value is -1.16. The summed E-state index contributed by atoms with van der Waals surface area (Å²) in [6.45, 7) is 1.25. The normalized spacial score (nSPS) is 11.1. The molecule has 14 heavy (non-hydrogen) atoms. The largest absolute Gasteiger partial charge is 0.427 e. The van der Waals surface area contributed by atoms with Gasteiger partial charge in [0.1, 0.15) is 5.75 Å². The first-order chi connectivity index (χ1) is 6.39. The molecule has 76 valence electrons. The molecule has 0 bridgehead atoms. The fourth-order valence-corrected chi connectivity index (χ4v) is 1.41. The van der Waals surface area contributed by atoms with Crippen molar-refractivity contribution in [1.82, 2.24) is 0 Å². The van der Waals surface area contributed by atoms with Crippen molar-refractivity contribution in [3.63, 3.8) is 0 Å². The van der Waals surface area contributed by atoms with E-state index in [-0.39, 0.29) is 11.1 Å². The van der Waals surface area contributed by atoms with Gasteiger partial charge in [-0.2, -0.15) is 0 Å². The third-order valence-corrected chi connectivity index (χ3v) is 2.41. The fourth-order valence-electron chi connectivity index (χ4n) is 0.874. The second kappa shape index (κ2) is 3.92. The first kappa shape index (κ1) is 10.9. The van der Waals surface area contributed by atoms with Crippen molar-refractivity contribution in [1.29, 1.82) is 0 Å². The maximum atomic E-state index is 10.8. The molecule has 1 rings (SSSR count). The number of ether oxygens (including phenoxy) is 1. The number of hydrogen-bond acceptors (Lipinski definition) is 3. The van der Waals surface area contributed by atoms with Crippen molar-refractivity contribution < 1.29 is 23.9 Å². The van der Waals surface area contributed by atoms with Gasteiger partial charge in [-0.1, -0.05) is 0 Å². The third kappa shape index (κ3) is 2.96. The van der Waals surface area contributed by atoms with Gasteiger partial charge in [0.25, 0.3) is 0 Å². The number of benzene rings is 1. The second-order valence-corrected chi connectivity index (χ2v) is 4.24. The van der Waals surface area contributed by atoms with Crippen molar-refractivity contribution in [2.24, 2.45) is 0 Å². The average Bonchev–Trinajstić information content (AvgIpc) is 2.02. The molecule has 6 heteroatoms. The summed E-state index contributed by atoms with van der Waals surface area (Å²) in [6.07, 6.45) is 0. The van der Waals surface area contributed by atoms with E-state index in [1.165, 1.54) is 31.2 Å². The van der Waals surface area contributed by atoms with Crippen LogP contribution in [0.2, 0.25) is 0 Å². The summed E-state index contributed by atoms with van der Waals surface area (Å²) in [5, 5.41) is -0.103. The number of rotatable bonds is 2. The van der Waals surface area contributed by atoms with E-state index in [4.69, 9.17) is 9.79 Å². The minimum atomic E-state index is -4.21. The summed E-state index contributed by atoms with van der Waals surface area (Å²) in [7, 11) is -4.21. The monoisotopic (exact) mass is 216 g/mol. The molecule has 0 aliphatic heterocycles. The topological polar surface area (TPSA) is 83.8 Å². The Morgan fingerprint density at radius 3 is 2.14 bits per heavy atom. The Morgan fingerprint density at radius 2 is 1.79 bits per heavy atom. The molecule has 0 aromatic heterocycles. The zero-order valence-electron chi connectivity index (χ0n) is 7.38. The van der Waals surface area contributed by atoms with Crippen LogP contribution >= 0.6 is 7.60 Å². The van der Waals surface area contributed by atoms with Crippen LogP contribution in [-0.4, -0.2) is 15.8 Å². The highest BCUT2D eigenvalue weighted by molar-refractivity contribution is 7.60. The van der Waals surface area contributed by atoms with Crippen LogP contribution in [0.25, 0.3) is 0 Å². The molecule has 0 aliphatic carbocycles. The van der Waals surface area contributed by atoms with Crippen LogP contribution in [0.3, 0.4) is 0 Å². The van der Waals surface area contributed by atoms with Gasteiger partial charge in [-0.25, -0.2) is 0 Å². The van der Waals surface area contributed by atoms with Gasteiger partial charge in [0.2, 0.25) is 0 Å². The van der Waals surface area contributed by atoms with Crippen LogP contribution in [0, 0.1) is 0 Å². The molecule has 1 aromatic carbocycles. The quantitative estimate of drug-likeness (QED) is 0.425. The molecule has 5 nitrogen and oxygen atoms in total. The lowest BCUT2D eigenvalue weighted by Gasteiger charge is -2.04. The van der Waals surface area contributed by atoms with Crippen LogP contribution in [0.4, 0.5) is 0 Å². The van der Waals surface area contributed by atoms with Crippen molar-refractivity contribution in [2.45, 2.75) is 6.92 Å². The minimum absolute atomic E-state index is 0.103. The Kier molecular flexibility index (Phi) is 3.06. The van der Waals surface area contributed by atoms with E-state index in [2.05, 4.69) is 4.74 Å². The van der Waals surface area contributed by atoms with Crippen molar-refractivity contribution in [3.8, 4) is 5.75 Å². The Bertz CT molecular complexity index is 377. The predicted octanol–water partition coefficient (Wildman–Crippen LogP) is 0.415. The van der Waals surface area contributed by atoms with E-state index >= 15 is 0 Å². The predicted molar refractivity (Wildman–Crippen MR) is 49.4 cm³/mol. The van der Waals surface area contributed by atoms with Crippen LogP contribution < -0.4 is 10.0 Å². The molecule has 0 fully saturated rings. The average molecular weight is 216 g/mol. The van der Waals surface area contributed by atoms with Gasteiger partial charge in [0, 0.05) is 6.92 Å². The van der Waals surface area contributed by atoms with E-state index < -0.39 is 13.6 Å². The lowest BCUT2D eigenvalue weighted by atomic mass is 10.3. The van der Waals surface area contributed by atoms with Crippen molar-refractivity contribution in [2.75, 3.05) is 0 Å². The summed E-state index contributed by atoms with van der Waals surface area (Å²) >= 11 is 0. The fraction of sp³-hybridized carbons (Fsp3) is 0.125. The van der Waals surface area contributed by atoms with E-state index in [0.29, 0.717) is 0 Å². The van der Waals surface area contributed by atoms with Crippen molar-refractivity contribution in [3.05, 3.63) is 24.3 Å². The van der Waals surface area contributed by atoms with Crippen molar-refractivity contribution >= 4 is 18.9 Å². The van der Waals surface area contributed by atoms with E-state index in [1.807, 2.05) is 0 Å². The molecule has 0 aliphatic rings. The first-order valence-corrected chi connectivity index (χ1v) is 5.35. The van der Waals surface area contributed by atoms with E-state index in [0.717, 1.165) is 0 Å². The van der Waals surface area contributed by atoms with Gasteiger partial charge in [0.15, 0.2) is 0 Å². The van der Waals surface area contributed by atoms with Gasteiger partial charge < -0.3 is 14.5 Å². The van der Waals surface area contributed by atoms with Gasteiger partial charge >= 0.3 is 13.6 Å². The Morgan fingerprint density at radius 1 is 1.29 bits per heavy atom. The molecule has 0 atom stereocenters. The van der Waals surface area contributed by atoms with Crippen LogP contribution in [0.1, 0.15) is 6.92 Å². The van der Waals surface area contributed by atoms with E-state index in [9.17, 15) is 9.36 Å².